The average Bonchev–Trinajstić information content (AvgIpc) is 3.48. The minimum atomic E-state index is -3.11. The van der Waals surface area contributed by atoms with Gasteiger partial charge in [0.2, 0.25) is 0 Å². The van der Waals surface area contributed by atoms with Crippen molar-refractivity contribution in [2.75, 3.05) is 12.0 Å². The summed E-state index contributed by atoms with van der Waals surface area (Å²) in [5.74, 6) is -1.81. The zero-order valence-electron chi connectivity index (χ0n) is 23.2. The monoisotopic (exact) mass is 647 g/mol. The number of benzene rings is 2. The van der Waals surface area contributed by atoms with Crippen LogP contribution in [-0.4, -0.2) is 54.0 Å². The summed E-state index contributed by atoms with van der Waals surface area (Å²) >= 11 is 7.70. The van der Waals surface area contributed by atoms with E-state index < -0.39 is 30.5 Å². The van der Waals surface area contributed by atoms with Gasteiger partial charge in [0.15, 0.2) is 16.7 Å². The topological polar surface area (TPSA) is 104 Å². The molecule has 9 nitrogen and oxygen atoms in total. The van der Waals surface area contributed by atoms with Crippen LogP contribution in [0.25, 0.3) is 21.5 Å². The normalized spacial score (nSPS) is 21.2. The molecule has 2 bridgehead atoms. The van der Waals surface area contributed by atoms with Crippen LogP contribution in [0.2, 0.25) is 5.02 Å². The Balaban J connectivity index is 1.14. The van der Waals surface area contributed by atoms with Gasteiger partial charge in [0.05, 0.1) is 28.0 Å². The fraction of sp³-hybridized carbons (Fsp3) is 0.400. The van der Waals surface area contributed by atoms with Gasteiger partial charge >= 0.3 is 18.6 Å². The lowest BCUT2D eigenvalue weighted by atomic mass is 9.99. The molecule has 0 N–H and O–H groups in total. The van der Waals surface area contributed by atoms with Crippen molar-refractivity contribution in [2.45, 2.75) is 69.2 Å². The van der Waals surface area contributed by atoms with Crippen LogP contribution < -0.4 is 9.64 Å². The fourth-order valence-electron chi connectivity index (χ4n) is 6.29. The van der Waals surface area contributed by atoms with Crippen molar-refractivity contribution in [3.63, 3.8) is 0 Å². The highest BCUT2D eigenvalue weighted by Gasteiger charge is 2.45. The Labute approximate surface area is 257 Å². The maximum Gasteiger partial charge on any atom is 0.387 e. The zero-order valence-corrected chi connectivity index (χ0v) is 24.8. The summed E-state index contributed by atoms with van der Waals surface area (Å²) in [6.45, 7) is -3.11. The number of thiazole rings is 1. The fourth-order valence-corrected chi connectivity index (χ4v) is 7.71. The van der Waals surface area contributed by atoms with Gasteiger partial charge in [0.1, 0.15) is 28.6 Å². The van der Waals surface area contributed by atoms with Crippen molar-refractivity contribution in [2.24, 2.45) is 0 Å². The summed E-state index contributed by atoms with van der Waals surface area (Å²) in [4.78, 5) is 32.4. The molecule has 3 aliphatic rings. The molecule has 4 heterocycles. The van der Waals surface area contributed by atoms with Crippen molar-refractivity contribution in [1.82, 2.24) is 10.1 Å². The van der Waals surface area contributed by atoms with Crippen LogP contribution in [0.3, 0.4) is 0 Å². The first-order valence-electron chi connectivity index (χ1n) is 14.1. The van der Waals surface area contributed by atoms with Crippen LogP contribution in [0.1, 0.15) is 70.9 Å². The summed E-state index contributed by atoms with van der Waals surface area (Å²) in [5.41, 5.74) is 0.405. The molecule has 0 radical (unpaired) electrons. The van der Waals surface area contributed by atoms with Gasteiger partial charge < -0.3 is 23.6 Å². The van der Waals surface area contributed by atoms with Crippen LogP contribution >= 0.6 is 22.9 Å². The van der Waals surface area contributed by atoms with Gasteiger partial charge in [-0.1, -0.05) is 34.2 Å². The second-order valence-corrected chi connectivity index (χ2v) is 12.5. The number of esters is 2. The number of nitrogens with zero attached hydrogens (tertiary/aromatic N) is 3. The number of anilines is 1. The molecule has 44 heavy (non-hydrogen) atoms. The summed E-state index contributed by atoms with van der Waals surface area (Å²) in [6, 6.07) is 6.97. The smallest absolute Gasteiger partial charge is 0.387 e. The van der Waals surface area contributed by atoms with E-state index in [1.165, 1.54) is 36.6 Å². The number of piperidine rings is 1. The van der Waals surface area contributed by atoms with Gasteiger partial charge in [-0.25, -0.2) is 19.0 Å². The van der Waals surface area contributed by atoms with Gasteiger partial charge in [-0.3, -0.25) is 0 Å². The Hall–Kier alpha value is -3.84. The van der Waals surface area contributed by atoms with Crippen LogP contribution in [0.4, 0.5) is 18.3 Å². The molecule has 230 valence electrons. The summed E-state index contributed by atoms with van der Waals surface area (Å²) in [5, 5.41) is 4.79. The largest absolute Gasteiger partial charge is 0.465 e. The molecule has 3 atom stereocenters. The van der Waals surface area contributed by atoms with Crippen molar-refractivity contribution >= 4 is 50.2 Å². The zero-order chi connectivity index (χ0) is 30.7. The van der Waals surface area contributed by atoms with Crippen molar-refractivity contribution < 1.29 is 41.5 Å². The van der Waals surface area contributed by atoms with E-state index >= 15 is 0 Å². The molecular formula is C30H25ClF3N3O6S. The van der Waals surface area contributed by atoms with E-state index in [4.69, 9.17) is 25.6 Å². The second-order valence-electron chi connectivity index (χ2n) is 11.1. The molecule has 14 heteroatoms. The van der Waals surface area contributed by atoms with E-state index in [9.17, 15) is 22.8 Å². The van der Waals surface area contributed by atoms with Gasteiger partial charge in [-0.05, 0) is 49.9 Å². The Morgan fingerprint density at radius 1 is 1.11 bits per heavy atom. The average molecular weight is 648 g/mol. The number of methoxy groups -OCH3 is 1. The molecule has 0 amide bonds. The number of hydrogen-bond acceptors (Lipinski definition) is 10. The van der Waals surface area contributed by atoms with E-state index in [2.05, 4.69) is 19.8 Å². The maximum atomic E-state index is 14.8. The van der Waals surface area contributed by atoms with Crippen LogP contribution in [-0.2, 0) is 9.47 Å². The van der Waals surface area contributed by atoms with Crippen LogP contribution in [0.5, 0.6) is 5.75 Å². The molecule has 2 aromatic heterocycles. The van der Waals surface area contributed by atoms with E-state index in [-0.39, 0.29) is 56.7 Å². The number of fused-ring (bicyclic) bond motifs is 3. The molecule has 2 aliphatic heterocycles. The summed E-state index contributed by atoms with van der Waals surface area (Å²) < 4.78 is 62.8. The van der Waals surface area contributed by atoms with Crippen molar-refractivity contribution in [3.8, 4) is 17.0 Å². The number of alkyl halides is 2. The van der Waals surface area contributed by atoms with E-state index in [1.807, 2.05) is 0 Å². The molecular weight excluding hydrogens is 623 g/mol. The Bertz CT molecular complexity index is 1760. The minimum Gasteiger partial charge on any atom is -0.465 e. The lowest BCUT2D eigenvalue weighted by molar-refractivity contribution is -0.0494. The Morgan fingerprint density at radius 2 is 1.86 bits per heavy atom. The molecule has 4 aromatic rings. The molecule has 7 rings (SSSR count). The maximum absolute atomic E-state index is 14.8. The number of rotatable bonds is 8. The third kappa shape index (κ3) is 5.15. The number of ether oxygens (including phenoxy) is 3. The summed E-state index contributed by atoms with van der Waals surface area (Å²) in [6.07, 6.45) is 3.85. The van der Waals surface area contributed by atoms with E-state index in [1.54, 1.807) is 6.07 Å². The SMILES string of the molecule is COC(=O)c1cc(F)c2nc(N3[C@@H]4CC[C@H]3CC(OC(=O)c3c(-c5c(Cl)cccc5OC(F)F)noc3C3CC3)C4)sc2c1. The predicted molar refractivity (Wildman–Crippen MR) is 154 cm³/mol. The minimum absolute atomic E-state index is 0.00128. The molecule has 0 spiro atoms. The molecule has 3 fully saturated rings. The number of hydrogen-bond donors (Lipinski definition) is 0. The molecule has 1 saturated carbocycles. The number of aromatic nitrogens is 2. The third-order valence-electron chi connectivity index (χ3n) is 8.34. The highest BCUT2D eigenvalue weighted by molar-refractivity contribution is 7.22. The molecule has 1 aliphatic carbocycles. The molecule has 2 aromatic carbocycles. The molecule has 1 unspecified atom stereocenters. The highest BCUT2D eigenvalue weighted by atomic mass is 35.5. The highest BCUT2D eigenvalue weighted by Crippen LogP contribution is 2.48. The standard InChI is InChI=1S/C30H25ClF3N3O6S/c1-40-27(38)14-9-19(32)24-21(10-14)44-30(35-24)37-15-7-8-16(37)12-17(11-15)41-28(39)23-25(36-43-26(23)13-5-6-13)22-18(31)3-2-4-20(22)42-29(33)34/h2-4,9-10,13,15-17,29H,5-8,11-12H2,1H3/t15-,16+,17?. The number of carbonyl (C=O) groups excluding carboxylic acids is 2. The predicted octanol–water partition coefficient (Wildman–Crippen LogP) is 7.37. The van der Waals surface area contributed by atoms with Gasteiger partial charge in [-0.2, -0.15) is 8.78 Å². The first-order chi connectivity index (χ1) is 21.2. The van der Waals surface area contributed by atoms with E-state index in [0.29, 0.717) is 28.4 Å². The number of halogens is 4. The third-order valence-corrected chi connectivity index (χ3v) is 9.67. The molecule has 2 saturated heterocycles. The first-order valence-corrected chi connectivity index (χ1v) is 15.3. The Morgan fingerprint density at radius 3 is 2.55 bits per heavy atom. The van der Waals surface area contributed by atoms with Crippen LogP contribution in [0.15, 0.2) is 34.9 Å². The van der Waals surface area contributed by atoms with Crippen LogP contribution in [0, 0.1) is 5.82 Å². The van der Waals surface area contributed by atoms with E-state index in [0.717, 1.165) is 31.7 Å². The van der Waals surface area contributed by atoms with Crippen molar-refractivity contribution in [3.05, 3.63) is 58.1 Å². The lowest BCUT2D eigenvalue weighted by Gasteiger charge is -2.38. The Kier molecular flexibility index (Phi) is 7.40. The van der Waals surface area contributed by atoms with Gasteiger partial charge in [-0.15, -0.1) is 0 Å². The van der Waals surface area contributed by atoms with Crippen molar-refractivity contribution in [1.29, 1.82) is 0 Å². The summed E-state index contributed by atoms with van der Waals surface area (Å²) in [7, 11) is 1.24. The first kappa shape index (κ1) is 28.9. The van der Waals surface area contributed by atoms with Gasteiger partial charge in [0.25, 0.3) is 0 Å². The van der Waals surface area contributed by atoms with Gasteiger partial charge in [0, 0.05) is 30.8 Å². The number of carbonyl (C=O) groups is 2. The quantitative estimate of drug-likeness (QED) is 0.181. The second kappa shape index (κ2) is 11.3. The lowest BCUT2D eigenvalue weighted by Crippen LogP contribution is -2.46.